The molecule has 2 nitrogen and oxygen atoms in total. The maximum absolute atomic E-state index is 11.2. The molecule has 0 aromatic heterocycles. The van der Waals surface area contributed by atoms with Crippen LogP contribution < -0.4 is 0 Å². The lowest BCUT2D eigenvalue weighted by Crippen LogP contribution is -2.30. The zero-order chi connectivity index (χ0) is 9.47. The molecule has 1 heterocycles. The summed E-state index contributed by atoms with van der Waals surface area (Å²) in [6.45, 7) is 4.11. The fourth-order valence-corrected chi connectivity index (χ4v) is 2.53. The predicted molar refractivity (Wildman–Crippen MR) is 50.5 cm³/mol. The lowest BCUT2D eigenvalue weighted by molar-refractivity contribution is -0.119. The first-order chi connectivity index (χ1) is 6.16. The summed E-state index contributed by atoms with van der Waals surface area (Å²) in [7, 11) is 0. The topological polar surface area (TPSA) is 26.3 Å². The second kappa shape index (κ2) is 3.09. The van der Waals surface area contributed by atoms with Crippen molar-refractivity contribution >= 4 is 6.29 Å². The van der Waals surface area contributed by atoms with Gasteiger partial charge in [0.15, 0.2) is 0 Å². The lowest BCUT2D eigenvalue weighted by Gasteiger charge is -2.25. The largest absolute Gasteiger partial charge is 0.374 e. The van der Waals surface area contributed by atoms with E-state index < -0.39 is 0 Å². The van der Waals surface area contributed by atoms with Gasteiger partial charge in [0.05, 0.1) is 17.6 Å². The second-order valence-electron chi connectivity index (χ2n) is 4.79. The van der Waals surface area contributed by atoms with Crippen molar-refractivity contribution in [2.24, 2.45) is 11.3 Å². The Morgan fingerprint density at radius 2 is 2.15 bits per heavy atom. The highest BCUT2D eigenvalue weighted by atomic mass is 16.5. The number of aldehydes is 1. The molecule has 2 aliphatic rings. The molecular formula is C11H18O2. The van der Waals surface area contributed by atoms with Crippen LogP contribution in [0.1, 0.15) is 39.5 Å². The minimum Gasteiger partial charge on any atom is -0.374 e. The molecule has 0 bridgehead atoms. The van der Waals surface area contributed by atoms with Crippen molar-refractivity contribution in [2.45, 2.75) is 51.7 Å². The Labute approximate surface area is 79.7 Å². The molecule has 1 aliphatic carbocycles. The monoisotopic (exact) mass is 182 g/mol. The van der Waals surface area contributed by atoms with Crippen LogP contribution in [-0.4, -0.2) is 18.5 Å². The Morgan fingerprint density at radius 3 is 2.54 bits per heavy atom. The van der Waals surface area contributed by atoms with Gasteiger partial charge in [0.25, 0.3) is 0 Å². The molecule has 74 valence electrons. The fraction of sp³-hybridized carbons (Fsp3) is 0.909. The van der Waals surface area contributed by atoms with Gasteiger partial charge in [-0.3, -0.25) is 0 Å². The number of rotatable bonds is 3. The van der Waals surface area contributed by atoms with Crippen LogP contribution in [0.5, 0.6) is 0 Å². The van der Waals surface area contributed by atoms with Crippen molar-refractivity contribution < 1.29 is 9.53 Å². The van der Waals surface area contributed by atoms with Gasteiger partial charge >= 0.3 is 0 Å². The molecule has 3 atom stereocenters. The lowest BCUT2D eigenvalue weighted by atomic mass is 9.77. The van der Waals surface area contributed by atoms with Gasteiger partial charge < -0.3 is 9.53 Å². The molecule has 2 fully saturated rings. The first kappa shape index (κ1) is 9.20. The molecule has 0 aromatic rings. The third-order valence-electron chi connectivity index (χ3n) is 3.51. The number of hydrogen-bond donors (Lipinski definition) is 0. The van der Waals surface area contributed by atoms with Gasteiger partial charge in [-0.25, -0.2) is 0 Å². The van der Waals surface area contributed by atoms with Crippen LogP contribution in [0.2, 0.25) is 0 Å². The Balaban J connectivity index is 2.07. The highest BCUT2D eigenvalue weighted by Crippen LogP contribution is 2.47. The van der Waals surface area contributed by atoms with Gasteiger partial charge in [-0.05, 0) is 32.6 Å². The van der Waals surface area contributed by atoms with E-state index >= 15 is 0 Å². The van der Waals surface area contributed by atoms with Gasteiger partial charge in [-0.15, -0.1) is 0 Å². The summed E-state index contributed by atoms with van der Waals surface area (Å²) >= 11 is 0. The summed E-state index contributed by atoms with van der Waals surface area (Å²) in [4.78, 5) is 11.2. The first-order valence-corrected chi connectivity index (χ1v) is 5.28. The number of carbonyl (C=O) groups is 1. The van der Waals surface area contributed by atoms with Crippen molar-refractivity contribution in [1.29, 1.82) is 0 Å². The van der Waals surface area contributed by atoms with E-state index in [1.807, 2.05) is 6.92 Å². The summed E-state index contributed by atoms with van der Waals surface area (Å²) < 4.78 is 5.67. The average Bonchev–Trinajstić information content (AvgIpc) is 2.81. The van der Waals surface area contributed by atoms with Crippen molar-refractivity contribution in [3.63, 3.8) is 0 Å². The molecule has 3 unspecified atom stereocenters. The Morgan fingerprint density at radius 1 is 1.46 bits per heavy atom. The molecule has 1 saturated carbocycles. The SMILES string of the molecule is CC1CC(C=O)(CC2CC2)C(C)O1. The molecule has 13 heavy (non-hydrogen) atoms. The van der Waals surface area contributed by atoms with Gasteiger partial charge in [0.1, 0.15) is 6.29 Å². The summed E-state index contributed by atoms with van der Waals surface area (Å²) in [5.41, 5.74) is -0.152. The fourth-order valence-electron chi connectivity index (χ4n) is 2.53. The standard InChI is InChI=1S/C11H18O2/c1-8-5-11(7-12,9(2)13-8)6-10-3-4-10/h7-10H,3-6H2,1-2H3. The van der Waals surface area contributed by atoms with Crippen LogP contribution in [0.25, 0.3) is 0 Å². The van der Waals surface area contributed by atoms with Crippen molar-refractivity contribution in [2.75, 3.05) is 0 Å². The number of hydrogen-bond acceptors (Lipinski definition) is 2. The minimum absolute atomic E-state index is 0.126. The summed E-state index contributed by atoms with van der Waals surface area (Å²) in [6, 6.07) is 0. The van der Waals surface area contributed by atoms with Crippen molar-refractivity contribution in [1.82, 2.24) is 0 Å². The van der Waals surface area contributed by atoms with E-state index in [1.54, 1.807) is 0 Å². The van der Waals surface area contributed by atoms with Gasteiger partial charge in [-0.1, -0.05) is 12.8 Å². The first-order valence-electron chi connectivity index (χ1n) is 5.28. The Hall–Kier alpha value is -0.370. The maximum atomic E-state index is 11.2. The smallest absolute Gasteiger partial charge is 0.128 e. The molecule has 2 rings (SSSR count). The Kier molecular flexibility index (Phi) is 2.18. The number of ether oxygens (including phenoxy) is 1. The van der Waals surface area contributed by atoms with E-state index in [9.17, 15) is 4.79 Å². The van der Waals surface area contributed by atoms with Gasteiger partial charge in [0.2, 0.25) is 0 Å². The van der Waals surface area contributed by atoms with E-state index in [1.165, 1.54) is 12.8 Å². The second-order valence-corrected chi connectivity index (χ2v) is 4.79. The summed E-state index contributed by atoms with van der Waals surface area (Å²) in [5, 5.41) is 0. The Bertz CT molecular complexity index is 210. The third kappa shape index (κ3) is 1.64. The van der Waals surface area contributed by atoms with Crippen LogP contribution in [-0.2, 0) is 9.53 Å². The molecule has 0 N–H and O–H groups in total. The van der Waals surface area contributed by atoms with Gasteiger partial charge in [-0.2, -0.15) is 0 Å². The van der Waals surface area contributed by atoms with E-state index in [0.717, 1.165) is 25.0 Å². The molecule has 1 saturated heterocycles. The van der Waals surface area contributed by atoms with E-state index in [0.29, 0.717) is 0 Å². The zero-order valence-electron chi connectivity index (χ0n) is 8.45. The van der Waals surface area contributed by atoms with Crippen molar-refractivity contribution in [3.05, 3.63) is 0 Å². The van der Waals surface area contributed by atoms with E-state index in [4.69, 9.17) is 4.74 Å². The maximum Gasteiger partial charge on any atom is 0.128 e. The van der Waals surface area contributed by atoms with E-state index in [-0.39, 0.29) is 17.6 Å². The summed E-state index contributed by atoms with van der Waals surface area (Å²) in [5.74, 6) is 0.807. The van der Waals surface area contributed by atoms with Crippen LogP contribution in [0, 0.1) is 11.3 Å². The van der Waals surface area contributed by atoms with Crippen LogP contribution in [0.4, 0.5) is 0 Å². The molecule has 1 aliphatic heterocycles. The highest BCUT2D eigenvalue weighted by Gasteiger charge is 2.47. The predicted octanol–water partition coefficient (Wildman–Crippen LogP) is 2.17. The molecular weight excluding hydrogens is 164 g/mol. The quantitative estimate of drug-likeness (QED) is 0.625. The molecule has 2 heteroatoms. The molecule has 0 spiro atoms. The van der Waals surface area contributed by atoms with Crippen LogP contribution >= 0.6 is 0 Å². The van der Waals surface area contributed by atoms with E-state index in [2.05, 4.69) is 6.92 Å². The number of carbonyl (C=O) groups excluding carboxylic acids is 1. The molecule has 0 amide bonds. The zero-order valence-corrected chi connectivity index (χ0v) is 8.45. The van der Waals surface area contributed by atoms with Crippen LogP contribution in [0.3, 0.4) is 0 Å². The summed E-state index contributed by atoms with van der Waals surface area (Å²) in [6.07, 6.45) is 6.16. The third-order valence-corrected chi connectivity index (χ3v) is 3.51. The highest BCUT2D eigenvalue weighted by molar-refractivity contribution is 5.61. The van der Waals surface area contributed by atoms with Crippen LogP contribution in [0.15, 0.2) is 0 Å². The van der Waals surface area contributed by atoms with Gasteiger partial charge in [0, 0.05) is 0 Å². The van der Waals surface area contributed by atoms with Crippen molar-refractivity contribution in [3.8, 4) is 0 Å². The minimum atomic E-state index is -0.152. The molecule has 0 radical (unpaired) electrons. The average molecular weight is 182 g/mol. The molecule has 0 aromatic carbocycles. The normalized spacial score (nSPS) is 45.1.